The fraction of sp³-hybridized carbons (Fsp3) is 0.0714. The minimum atomic E-state index is -1.50. The average Bonchev–Trinajstić information content (AvgIpc) is 2.28. The number of aryl methyl sites for hydroxylation is 1. The van der Waals surface area contributed by atoms with Crippen molar-refractivity contribution in [1.29, 1.82) is 0 Å². The third-order valence-corrected chi connectivity index (χ3v) is 2.54. The van der Waals surface area contributed by atoms with Gasteiger partial charge in [-0.2, -0.15) is 0 Å². The van der Waals surface area contributed by atoms with Crippen LogP contribution in [0.4, 0.5) is 4.39 Å². The van der Waals surface area contributed by atoms with Crippen molar-refractivity contribution in [2.75, 3.05) is 0 Å². The second kappa shape index (κ2) is 4.37. The molecular formula is C14H10FO2-. The summed E-state index contributed by atoms with van der Waals surface area (Å²) in [5.74, 6) is -2.28. The molecule has 0 fully saturated rings. The van der Waals surface area contributed by atoms with Gasteiger partial charge in [0, 0.05) is 5.56 Å². The molecule has 0 aliphatic carbocycles. The molecule has 0 bridgehead atoms. The second-order valence-electron chi connectivity index (χ2n) is 3.85. The molecule has 0 aliphatic rings. The van der Waals surface area contributed by atoms with Crippen LogP contribution in [0.15, 0.2) is 42.5 Å². The van der Waals surface area contributed by atoms with E-state index < -0.39 is 17.3 Å². The zero-order valence-corrected chi connectivity index (χ0v) is 9.24. The zero-order chi connectivity index (χ0) is 12.4. The SMILES string of the molecule is Cc1cccc(-c2ccc(C(=O)[O-])c(F)c2)c1. The molecule has 0 amide bonds. The van der Waals surface area contributed by atoms with Crippen LogP contribution in [0.1, 0.15) is 15.9 Å². The lowest BCUT2D eigenvalue weighted by Crippen LogP contribution is -2.23. The summed E-state index contributed by atoms with van der Waals surface area (Å²) in [6.45, 7) is 1.94. The van der Waals surface area contributed by atoms with Gasteiger partial charge in [0.25, 0.3) is 0 Å². The van der Waals surface area contributed by atoms with Crippen LogP contribution in [0.25, 0.3) is 11.1 Å². The molecule has 17 heavy (non-hydrogen) atoms. The zero-order valence-electron chi connectivity index (χ0n) is 9.24. The van der Waals surface area contributed by atoms with Gasteiger partial charge in [-0.05, 0) is 30.2 Å². The predicted octanol–water partition coefficient (Wildman–Crippen LogP) is 2.16. The molecule has 0 saturated carbocycles. The fourth-order valence-corrected chi connectivity index (χ4v) is 1.68. The quantitative estimate of drug-likeness (QED) is 0.791. The number of carbonyl (C=O) groups is 1. The fourth-order valence-electron chi connectivity index (χ4n) is 1.68. The number of carboxylic acid groups (broad SMARTS) is 1. The van der Waals surface area contributed by atoms with E-state index in [1.165, 1.54) is 12.1 Å². The highest BCUT2D eigenvalue weighted by molar-refractivity contribution is 5.87. The van der Waals surface area contributed by atoms with Crippen molar-refractivity contribution in [3.8, 4) is 11.1 Å². The Bertz CT molecular complexity index is 576. The van der Waals surface area contributed by atoms with Crippen LogP contribution >= 0.6 is 0 Å². The van der Waals surface area contributed by atoms with Crippen molar-refractivity contribution in [1.82, 2.24) is 0 Å². The summed E-state index contributed by atoms with van der Waals surface area (Å²) in [5, 5.41) is 10.6. The van der Waals surface area contributed by atoms with Gasteiger partial charge >= 0.3 is 0 Å². The molecule has 0 spiro atoms. The van der Waals surface area contributed by atoms with Gasteiger partial charge in [0.05, 0.1) is 5.97 Å². The molecule has 0 N–H and O–H groups in total. The van der Waals surface area contributed by atoms with Crippen LogP contribution < -0.4 is 5.11 Å². The molecule has 0 atom stereocenters. The largest absolute Gasteiger partial charge is 0.545 e. The summed E-state index contributed by atoms with van der Waals surface area (Å²) in [5.41, 5.74) is 2.15. The van der Waals surface area contributed by atoms with E-state index in [4.69, 9.17) is 0 Å². The topological polar surface area (TPSA) is 40.1 Å². The molecule has 0 aliphatic heterocycles. The first kappa shape index (κ1) is 11.3. The maximum absolute atomic E-state index is 13.5. The Balaban J connectivity index is 2.48. The van der Waals surface area contributed by atoms with Crippen LogP contribution in [-0.2, 0) is 0 Å². The molecule has 0 unspecified atom stereocenters. The number of carbonyl (C=O) groups excluding carboxylic acids is 1. The molecule has 0 radical (unpaired) electrons. The molecule has 0 saturated heterocycles. The number of rotatable bonds is 2. The van der Waals surface area contributed by atoms with E-state index in [0.717, 1.165) is 11.1 Å². The number of halogens is 1. The molecule has 86 valence electrons. The first-order valence-electron chi connectivity index (χ1n) is 5.16. The third kappa shape index (κ3) is 2.33. The molecule has 2 rings (SSSR count). The molecule has 2 aromatic rings. The number of carboxylic acids is 1. The predicted molar refractivity (Wildman–Crippen MR) is 60.9 cm³/mol. The highest BCUT2D eigenvalue weighted by Crippen LogP contribution is 2.22. The lowest BCUT2D eigenvalue weighted by Gasteiger charge is -2.07. The Morgan fingerprint density at radius 3 is 2.41 bits per heavy atom. The Hall–Kier alpha value is -2.16. The molecule has 2 nitrogen and oxygen atoms in total. The van der Waals surface area contributed by atoms with E-state index in [1.54, 1.807) is 6.07 Å². The van der Waals surface area contributed by atoms with Crippen molar-refractivity contribution in [3.63, 3.8) is 0 Å². The van der Waals surface area contributed by atoms with Gasteiger partial charge in [-0.3, -0.25) is 0 Å². The van der Waals surface area contributed by atoms with E-state index in [1.807, 2.05) is 31.2 Å². The molecular weight excluding hydrogens is 219 g/mol. The van der Waals surface area contributed by atoms with E-state index >= 15 is 0 Å². The van der Waals surface area contributed by atoms with E-state index in [-0.39, 0.29) is 0 Å². The molecule has 0 heterocycles. The van der Waals surface area contributed by atoms with Crippen LogP contribution in [0.5, 0.6) is 0 Å². The molecule has 2 aromatic carbocycles. The van der Waals surface area contributed by atoms with Gasteiger partial charge < -0.3 is 9.90 Å². The summed E-state index contributed by atoms with van der Waals surface area (Å²) in [6.07, 6.45) is 0. The van der Waals surface area contributed by atoms with Gasteiger partial charge in [0.2, 0.25) is 0 Å². The van der Waals surface area contributed by atoms with E-state index in [9.17, 15) is 14.3 Å². The van der Waals surface area contributed by atoms with Gasteiger partial charge in [-0.15, -0.1) is 0 Å². The monoisotopic (exact) mass is 229 g/mol. The second-order valence-corrected chi connectivity index (χ2v) is 3.85. The maximum atomic E-state index is 13.5. The number of hydrogen-bond acceptors (Lipinski definition) is 2. The van der Waals surface area contributed by atoms with E-state index in [2.05, 4.69) is 0 Å². The minimum Gasteiger partial charge on any atom is -0.545 e. The minimum absolute atomic E-state index is 0.415. The first-order chi connectivity index (χ1) is 8.08. The van der Waals surface area contributed by atoms with Crippen LogP contribution in [-0.4, -0.2) is 5.97 Å². The van der Waals surface area contributed by atoms with Gasteiger partial charge in [0.1, 0.15) is 5.82 Å². The third-order valence-electron chi connectivity index (χ3n) is 2.54. The normalized spacial score (nSPS) is 10.2. The number of hydrogen-bond donors (Lipinski definition) is 0. The maximum Gasteiger partial charge on any atom is 0.132 e. The van der Waals surface area contributed by atoms with Crippen molar-refractivity contribution in [2.24, 2.45) is 0 Å². The van der Waals surface area contributed by atoms with Crippen LogP contribution in [0.2, 0.25) is 0 Å². The Kier molecular flexibility index (Phi) is 2.91. The van der Waals surface area contributed by atoms with Gasteiger partial charge in [0.15, 0.2) is 0 Å². The van der Waals surface area contributed by atoms with Crippen molar-refractivity contribution in [2.45, 2.75) is 6.92 Å². The molecule has 0 aromatic heterocycles. The van der Waals surface area contributed by atoms with Crippen molar-refractivity contribution >= 4 is 5.97 Å². The standard InChI is InChI=1S/C14H11FO2/c1-9-3-2-4-10(7-9)11-5-6-12(14(16)17)13(15)8-11/h2-8H,1H3,(H,16,17)/p-1. The lowest BCUT2D eigenvalue weighted by molar-refractivity contribution is -0.255. The number of benzene rings is 2. The summed E-state index contributed by atoms with van der Waals surface area (Å²) in [7, 11) is 0. The summed E-state index contributed by atoms with van der Waals surface area (Å²) < 4.78 is 13.5. The average molecular weight is 229 g/mol. The molecule has 3 heteroatoms. The van der Waals surface area contributed by atoms with Gasteiger partial charge in [-0.25, -0.2) is 4.39 Å². The first-order valence-corrected chi connectivity index (χ1v) is 5.16. The summed E-state index contributed by atoms with van der Waals surface area (Å²) >= 11 is 0. The number of aromatic carboxylic acids is 1. The van der Waals surface area contributed by atoms with Crippen molar-refractivity contribution < 1.29 is 14.3 Å². The summed E-state index contributed by atoms with van der Waals surface area (Å²) in [6, 6.07) is 11.6. The highest BCUT2D eigenvalue weighted by atomic mass is 19.1. The van der Waals surface area contributed by atoms with Crippen LogP contribution in [0, 0.1) is 12.7 Å². The van der Waals surface area contributed by atoms with Crippen LogP contribution in [0.3, 0.4) is 0 Å². The van der Waals surface area contributed by atoms with Gasteiger partial charge in [-0.1, -0.05) is 35.9 Å². The summed E-state index contributed by atoms with van der Waals surface area (Å²) in [4.78, 5) is 10.6. The van der Waals surface area contributed by atoms with Crippen molar-refractivity contribution in [3.05, 3.63) is 59.4 Å². The lowest BCUT2D eigenvalue weighted by atomic mass is 10.0. The highest BCUT2D eigenvalue weighted by Gasteiger charge is 2.05. The Labute approximate surface area is 98.3 Å². The van der Waals surface area contributed by atoms with E-state index in [0.29, 0.717) is 5.56 Å². The Morgan fingerprint density at radius 1 is 1.12 bits per heavy atom. The smallest absolute Gasteiger partial charge is 0.132 e. The Morgan fingerprint density at radius 2 is 1.82 bits per heavy atom.